The highest BCUT2D eigenvalue weighted by Gasteiger charge is 2.32. The highest BCUT2D eigenvalue weighted by molar-refractivity contribution is 5.85. The minimum Gasteiger partial charge on any atom is -0.457 e. The minimum atomic E-state index is -0.295. The monoisotopic (exact) mass is 544 g/mol. The molecule has 2 aliphatic rings. The molecular weight excluding hydrogens is 508 g/mol. The third-order valence-corrected chi connectivity index (χ3v) is 7.21. The number of benzene rings is 2. The van der Waals surface area contributed by atoms with Gasteiger partial charge in [0.2, 0.25) is 17.8 Å². The number of hydrogen-bond acceptors (Lipinski definition) is 8. The molecule has 10 nitrogen and oxygen atoms in total. The third-order valence-electron chi connectivity index (χ3n) is 7.21. The van der Waals surface area contributed by atoms with E-state index < -0.39 is 0 Å². The van der Waals surface area contributed by atoms with E-state index in [-0.39, 0.29) is 30.5 Å². The molecule has 40 heavy (non-hydrogen) atoms. The fraction of sp³-hybridized carbons (Fsp3) is 0.400. The Balaban J connectivity index is 1.39. The molecule has 1 fully saturated rings. The molecule has 0 saturated carbocycles. The average molecular weight is 545 g/mol. The summed E-state index contributed by atoms with van der Waals surface area (Å²) in [5.41, 5.74) is 2.84. The van der Waals surface area contributed by atoms with E-state index in [0.29, 0.717) is 56.4 Å². The first kappa shape index (κ1) is 27.4. The van der Waals surface area contributed by atoms with E-state index in [1.165, 1.54) is 4.90 Å². The van der Waals surface area contributed by atoms with Crippen LogP contribution in [-0.2, 0) is 27.4 Å². The first-order valence-corrected chi connectivity index (χ1v) is 13.7. The van der Waals surface area contributed by atoms with Crippen LogP contribution in [0.25, 0.3) is 0 Å². The lowest BCUT2D eigenvalue weighted by molar-refractivity contribution is -0.135. The van der Waals surface area contributed by atoms with Gasteiger partial charge in [-0.1, -0.05) is 24.3 Å². The van der Waals surface area contributed by atoms with Crippen LogP contribution >= 0.6 is 0 Å². The predicted octanol–water partition coefficient (Wildman–Crippen LogP) is 3.30. The van der Waals surface area contributed by atoms with Crippen LogP contribution in [0.15, 0.2) is 54.6 Å². The maximum atomic E-state index is 13.1. The van der Waals surface area contributed by atoms with Crippen molar-refractivity contribution < 1.29 is 19.1 Å². The Hall–Kier alpha value is -4.18. The Kier molecular flexibility index (Phi) is 8.45. The van der Waals surface area contributed by atoms with Crippen molar-refractivity contribution in [2.45, 2.75) is 44.9 Å². The number of hydrogen-bond donors (Lipinski definition) is 2. The standard InChI is InChI=1S/C30H36N6O4/c1-20-14-27(34-30(31-2)32-20)36-13-12-26-25(17-36)33-28(37)18-35(3)29(38)11-10-21-6-4-8-23(15-21)40-24-9-5-7-22(16-24)19-39-26/h4-9,14-16,25-26H,10-13,17-19H2,1-3H3,(H,33,37)(H,31,32,34)/t25-,26+/m0/s1. The first-order chi connectivity index (χ1) is 19.4. The van der Waals surface area contributed by atoms with Crippen LogP contribution in [0.2, 0.25) is 0 Å². The zero-order valence-electron chi connectivity index (χ0n) is 23.2. The number of carbonyl (C=O) groups is 2. The van der Waals surface area contributed by atoms with Gasteiger partial charge in [0.25, 0.3) is 0 Å². The second-order valence-electron chi connectivity index (χ2n) is 10.3. The predicted molar refractivity (Wildman–Crippen MR) is 153 cm³/mol. The lowest BCUT2D eigenvalue weighted by Crippen LogP contribution is -2.57. The van der Waals surface area contributed by atoms with Crippen molar-refractivity contribution in [2.75, 3.05) is 43.9 Å². The lowest BCUT2D eigenvalue weighted by atomic mass is 10.0. The maximum Gasteiger partial charge on any atom is 0.239 e. The van der Waals surface area contributed by atoms with Crippen molar-refractivity contribution in [1.29, 1.82) is 0 Å². The number of fused-ring (bicyclic) bond motifs is 5. The molecule has 3 aromatic rings. The summed E-state index contributed by atoms with van der Waals surface area (Å²) in [6.07, 6.45) is 1.34. The Morgan fingerprint density at radius 1 is 1.00 bits per heavy atom. The van der Waals surface area contributed by atoms with Crippen molar-refractivity contribution in [3.63, 3.8) is 0 Å². The van der Waals surface area contributed by atoms with E-state index in [4.69, 9.17) is 9.47 Å². The number of aryl methyl sites for hydroxylation is 2. The molecule has 0 radical (unpaired) electrons. The summed E-state index contributed by atoms with van der Waals surface area (Å²) < 4.78 is 12.5. The van der Waals surface area contributed by atoms with Crippen LogP contribution in [0.4, 0.5) is 11.8 Å². The summed E-state index contributed by atoms with van der Waals surface area (Å²) in [7, 11) is 3.45. The van der Waals surface area contributed by atoms with E-state index in [9.17, 15) is 9.59 Å². The van der Waals surface area contributed by atoms with Gasteiger partial charge >= 0.3 is 0 Å². The van der Waals surface area contributed by atoms with Crippen LogP contribution in [0.1, 0.15) is 29.7 Å². The number of piperidine rings is 1. The van der Waals surface area contributed by atoms with E-state index in [1.54, 1.807) is 14.1 Å². The molecule has 210 valence electrons. The van der Waals surface area contributed by atoms with Crippen molar-refractivity contribution in [3.8, 4) is 11.5 Å². The second-order valence-corrected chi connectivity index (χ2v) is 10.3. The zero-order valence-corrected chi connectivity index (χ0v) is 23.2. The Morgan fingerprint density at radius 2 is 1.75 bits per heavy atom. The normalized spacial score (nSPS) is 20.5. The van der Waals surface area contributed by atoms with Gasteiger partial charge in [-0.2, -0.15) is 4.98 Å². The van der Waals surface area contributed by atoms with Crippen molar-refractivity contribution >= 4 is 23.6 Å². The van der Waals surface area contributed by atoms with Gasteiger partial charge < -0.3 is 29.9 Å². The van der Waals surface area contributed by atoms with Gasteiger partial charge in [0.1, 0.15) is 17.3 Å². The molecule has 2 aromatic carbocycles. The summed E-state index contributed by atoms with van der Waals surface area (Å²) in [5, 5.41) is 6.15. The minimum absolute atomic E-state index is 0.0240. The SMILES string of the molecule is CNc1nc(C)cc(N2CC[C@H]3OCc4cccc(c4)Oc4cccc(c4)CCC(=O)N(C)CC(=O)N[C@H]3C2)n1. The Morgan fingerprint density at radius 3 is 2.52 bits per heavy atom. The van der Waals surface area contributed by atoms with E-state index in [1.807, 2.05) is 61.5 Å². The third kappa shape index (κ3) is 6.87. The highest BCUT2D eigenvalue weighted by Crippen LogP contribution is 2.26. The number of nitrogens with zero attached hydrogens (tertiary/aromatic N) is 4. The van der Waals surface area contributed by atoms with Crippen molar-refractivity contribution in [2.24, 2.45) is 0 Å². The van der Waals surface area contributed by atoms with Gasteiger partial charge in [-0.05, 0) is 55.2 Å². The topological polar surface area (TPSA) is 109 Å². The summed E-state index contributed by atoms with van der Waals surface area (Å²) in [6, 6.07) is 17.2. The molecular formula is C30H36N6O4. The van der Waals surface area contributed by atoms with Crippen LogP contribution in [-0.4, -0.2) is 72.6 Å². The Bertz CT molecular complexity index is 1370. The van der Waals surface area contributed by atoms with Gasteiger partial charge in [0.15, 0.2) is 0 Å². The van der Waals surface area contributed by atoms with Crippen LogP contribution in [0.5, 0.6) is 11.5 Å². The largest absolute Gasteiger partial charge is 0.457 e. The first-order valence-electron chi connectivity index (χ1n) is 13.7. The van der Waals surface area contributed by atoms with E-state index in [0.717, 1.165) is 22.6 Å². The highest BCUT2D eigenvalue weighted by atomic mass is 16.5. The van der Waals surface area contributed by atoms with Crippen LogP contribution < -0.4 is 20.3 Å². The number of rotatable bonds is 2. The van der Waals surface area contributed by atoms with Crippen molar-refractivity contribution in [1.82, 2.24) is 20.2 Å². The summed E-state index contributed by atoms with van der Waals surface area (Å²) >= 11 is 0. The molecule has 0 aliphatic carbocycles. The average Bonchev–Trinajstić information content (AvgIpc) is 2.94. The molecule has 2 N–H and O–H groups in total. The van der Waals surface area contributed by atoms with Gasteiger partial charge in [0, 0.05) is 45.4 Å². The number of anilines is 2. The number of ether oxygens (including phenoxy) is 2. The molecule has 2 amide bonds. The molecule has 0 unspecified atom stereocenters. The van der Waals surface area contributed by atoms with Crippen LogP contribution in [0, 0.1) is 6.92 Å². The fourth-order valence-corrected chi connectivity index (χ4v) is 5.10. The van der Waals surface area contributed by atoms with Gasteiger partial charge in [-0.3, -0.25) is 9.59 Å². The van der Waals surface area contributed by atoms with Crippen molar-refractivity contribution in [3.05, 3.63) is 71.4 Å². The number of amides is 2. The maximum absolute atomic E-state index is 13.1. The molecule has 10 heteroatoms. The molecule has 2 aliphatic heterocycles. The lowest BCUT2D eigenvalue weighted by Gasteiger charge is -2.39. The second kappa shape index (κ2) is 12.3. The Labute approximate surface area is 234 Å². The molecule has 5 rings (SSSR count). The zero-order chi connectivity index (χ0) is 28.1. The smallest absolute Gasteiger partial charge is 0.239 e. The van der Waals surface area contributed by atoms with E-state index in [2.05, 4.69) is 25.5 Å². The van der Waals surface area contributed by atoms with Gasteiger partial charge in [0.05, 0.1) is 25.3 Å². The number of likely N-dealkylation sites (N-methyl/N-ethyl adjacent to an activating group) is 1. The molecule has 3 heterocycles. The number of carbonyl (C=O) groups excluding carboxylic acids is 2. The molecule has 1 saturated heterocycles. The number of aromatic nitrogens is 2. The van der Waals surface area contributed by atoms with Gasteiger partial charge in [-0.15, -0.1) is 0 Å². The van der Waals surface area contributed by atoms with Crippen LogP contribution in [0.3, 0.4) is 0 Å². The quantitative estimate of drug-likeness (QED) is 0.506. The number of nitrogens with one attached hydrogen (secondary N) is 2. The summed E-state index contributed by atoms with van der Waals surface area (Å²) in [6.45, 7) is 3.52. The van der Waals surface area contributed by atoms with Gasteiger partial charge in [-0.25, -0.2) is 4.98 Å². The molecule has 4 bridgehead atoms. The summed E-state index contributed by atoms with van der Waals surface area (Å²) in [5.74, 6) is 2.47. The molecule has 1 aromatic heterocycles. The molecule has 0 spiro atoms. The molecule has 2 atom stereocenters. The van der Waals surface area contributed by atoms with E-state index >= 15 is 0 Å². The summed E-state index contributed by atoms with van der Waals surface area (Å²) in [4.78, 5) is 38.6. The fourth-order valence-electron chi connectivity index (χ4n) is 5.10.